The van der Waals surface area contributed by atoms with E-state index in [1.807, 2.05) is 64.1 Å². The molecule has 2 spiro atoms. The summed E-state index contributed by atoms with van der Waals surface area (Å²) in [7, 11) is 0. The van der Waals surface area contributed by atoms with Crippen molar-refractivity contribution in [3.05, 3.63) is 83.0 Å². The summed E-state index contributed by atoms with van der Waals surface area (Å²) < 4.78 is 24.9. The lowest BCUT2D eigenvalue weighted by Gasteiger charge is -2.47. The summed E-state index contributed by atoms with van der Waals surface area (Å²) in [5.41, 5.74) is -0.766. The van der Waals surface area contributed by atoms with Crippen molar-refractivity contribution in [2.45, 2.75) is 65.2 Å². The molecular formula is C40H42O8. The first-order valence-electron chi connectivity index (χ1n) is 17.4. The fraction of sp³-hybridized carbons (Fsp3) is 0.450. The quantitative estimate of drug-likeness (QED) is 0.209. The summed E-state index contributed by atoms with van der Waals surface area (Å²) in [6.07, 6.45) is 8.42. The van der Waals surface area contributed by atoms with Gasteiger partial charge in [0.2, 0.25) is 0 Å². The molecule has 8 nitrogen and oxygen atoms in total. The summed E-state index contributed by atoms with van der Waals surface area (Å²) in [5.74, 6) is -1.09. The van der Waals surface area contributed by atoms with Crippen molar-refractivity contribution in [1.82, 2.24) is 0 Å². The van der Waals surface area contributed by atoms with Gasteiger partial charge in [-0.3, -0.25) is 19.2 Å². The van der Waals surface area contributed by atoms with Crippen LogP contribution in [0.3, 0.4) is 0 Å². The van der Waals surface area contributed by atoms with Gasteiger partial charge in [0.25, 0.3) is 0 Å². The van der Waals surface area contributed by atoms with E-state index in [9.17, 15) is 19.2 Å². The number of hydrogen-bond acceptors (Lipinski definition) is 8. The predicted molar refractivity (Wildman–Crippen MR) is 179 cm³/mol. The Bertz CT molecular complexity index is 1800. The van der Waals surface area contributed by atoms with E-state index in [1.165, 1.54) is 24.3 Å². The molecule has 0 aromatic heterocycles. The number of hydrogen-bond donors (Lipinski definition) is 0. The maximum atomic E-state index is 14.6. The Kier molecular flexibility index (Phi) is 8.17. The first kappa shape index (κ1) is 32.1. The average Bonchev–Trinajstić information content (AvgIpc) is 3.66. The highest BCUT2D eigenvalue weighted by Gasteiger charge is 2.96. The van der Waals surface area contributed by atoms with Gasteiger partial charge >= 0.3 is 0 Å². The number of carbonyl (C=O) groups is 4. The van der Waals surface area contributed by atoms with Gasteiger partial charge in [-0.05, 0) is 92.3 Å². The Labute approximate surface area is 281 Å². The van der Waals surface area contributed by atoms with Crippen LogP contribution < -0.4 is 18.9 Å². The topological polar surface area (TPSA) is 105 Å². The third kappa shape index (κ3) is 4.26. The van der Waals surface area contributed by atoms with Crippen LogP contribution in [0.5, 0.6) is 23.0 Å². The average molecular weight is 651 g/mol. The number of allylic oxidation sites excluding steroid dienone is 6. The lowest BCUT2D eigenvalue weighted by molar-refractivity contribution is -0.131. The molecule has 6 atom stereocenters. The van der Waals surface area contributed by atoms with Gasteiger partial charge in [0.1, 0.15) is 23.0 Å². The molecule has 8 rings (SSSR count). The zero-order valence-electron chi connectivity index (χ0n) is 28.0. The van der Waals surface area contributed by atoms with E-state index in [4.69, 9.17) is 18.9 Å². The van der Waals surface area contributed by atoms with Gasteiger partial charge in [-0.1, -0.05) is 27.7 Å². The van der Waals surface area contributed by atoms with Gasteiger partial charge in [-0.25, -0.2) is 0 Å². The highest BCUT2D eigenvalue weighted by atomic mass is 16.5. The van der Waals surface area contributed by atoms with E-state index in [1.54, 1.807) is 0 Å². The smallest absolute Gasteiger partial charge is 0.183 e. The van der Waals surface area contributed by atoms with E-state index in [0.29, 0.717) is 60.6 Å². The zero-order chi connectivity index (χ0) is 33.8. The Morgan fingerprint density at radius 2 is 1.10 bits per heavy atom. The van der Waals surface area contributed by atoms with Crippen molar-refractivity contribution < 1.29 is 38.1 Å². The molecular weight excluding hydrogens is 608 g/mol. The van der Waals surface area contributed by atoms with Crippen molar-refractivity contribution in [3.63, 3.8) is 0 Å². The molecule has 8 heteroatoms. The van der Waals surface area contributed by atoms with Crippen LogP contribution in [0.2, 0.25) is 0 Å². The number of benzene rings is 2. The largest absolute Gasteiger partial charge is 0.494 e. The molecule has 0 saturated heterocycles. The van der Waals surface area contributed by atoms with Crippen molar-refractivity contribution in [3.8, 4) is 23.0 Å². The van der Waals surface area contributed by atoms with Gasteiger partial charge in [-0.2, -0.15) is 0 Å². The highest BCUT2D eigenvalue weighted by Crippen LogP contribution is 2.93. The zero-order valence-corrected chi connectivity index (χ0v) is 28.0. The number of ketones is 4. The maximum absolute atomic E-state index is 14.6. The first-order chi connectivity index (χ1) is 23.3. The Morgan fingerprint density at radius 3 is 1.71 bits per heavy atom. The summed E-state index contributed by atoms with van der Waals surface area (Å²) in [4.78, 5) is 57.1. The van der Waals surface area contributed by atoms with Crippen molar-refractivity contribution in [1.29, 1.82) is 0 Å². The van der Waals surface area contributed by atoms with Crippen LogP contribution in [0.1, 0.15) is 76.3 Å². The van der Waals surface area contributed by atoms with Gasteiger partial charge < -0.3 is 18.9 Å². The lowest BCUT2D eigenvalue weighted by atomic mass is 9.53. The third-order valence-electron chi connectivity index (χ3n) is 10.7. The van der Waals surface area contributed by atoms with Crippen LogP contribution in [0.15, 0.2) is 71.8 Å². The molecule has 4 bridgehead atoms. The molecule has 6 aliphatic carbocycles. The fourth-order valence-corrected chi connectivity index (χ4v) is 9.32. The van der Waals surface area contributed by atoms with E-state index >= 15 is 0 Å². The molecule has 2 saturated carbocycles. The molecule has 2 fully saturated rings. The molecule has 0 N–H and O–H groups in total. The Balaban J connectivity index is 1.53. The minimum atomic E-state index is -1.49. The van der Waals surface area contributed by atoms with Crippen LogP contribution in [-0.2, 0) is 19.2 Å². The first-order valence-corrected chi connectivity index (χ1v) is 17.4. The molecule has 6 aliphatic rings. The van der Waals surface area contributed by atoms with E-state index in [2.05, 4.69) is 0 Å². The second-order valence-corrected chi connectivity index (χ2v) is 13.4. The minimum Gasteiger partial charge on any atom is -0.494 e. The molecule has 48 heavy (non-hydrogen) atoms. The molecule has 250 valence electrons. The standard InChI is InChI=1S/C40H42O8/c1-5-17-45-23-9-13-29(47-19-7-3)25(21-23)33-35-34-27(41)11-12-28(42)37(34)40-32(44)16-15-31(43)39(40,38(33)40)36(35)26-22-24(46-18-6-2)10-14-30(26)48-20-8-4/h9-16,21-22,33,35-36,38H,5-8,17-20H2,1-4H3/t33-,35+,36+,38+,39+,40-/m0/s1. The highest BCUT2D eigenvalue weighted by molar-refractivity contribution is 6.30. The Hall–Kier alpha value is -4.46. The SMILES string of the molecule is CCCOc1ccc(OCCC)c([C@H]2[C@@H]3C4=C(C(=O)C=CC4=O)[C@]45C(=O)C=CC(=O)[C@@]4([C@@H]3c3cc(OCCC)ccc3OCCC)[C@@H]25)c1. The van der Waals surface area contributed by atoms with Gasteiger partial charge in [-0.15, -0.1) is 0 Å². The molecule has 0 radical (unpaired) electrons. The van der Waals surface area contributed by atoms with Crippen LogP contribution in [0, 0.1) is 22.7 Å². The summed E-state index contributed by atoms with van der Waals surface area (Å²) in [6.45, 7) is 10.0. The predicted octanol–water partition coefficient (Wildman–Crippen LogP) is 6.67. The van der Waals surface area contributed by atoms with Crippen molar-refractivity contribution >= 4 is 23.1 Å². The number of rotatable bonds is 14. The van der Waals surface area contributed by atoms with Crippen molar-refractivity contribution in [2.75, 3.05) is 26.4 Å². The lowest BCUT2D eigenvalue weighted by Crippen LogP contribution is -2.49. The van der Waals surface area contributed by atoms with Gasteiger partial charge in [0.05, 0.1) is 37.3 Å². The number of ether oxygens (including phenoxy) is 4. The fourth-order valence-electron chi connectivity index (χ4n) is 9.32. The summed E-state index contributed by atoms with van der Waals surface area (Å²) >= 11 is 0. The molecule has 0 aliphatic heterocycles. The third-order valence-corrected chi connectivity index (χ3v) is 10.7. The van der Waals surface area contributed by atoms with Crippen LogP contribution >= 0.6 is 0 Å². The van der Waals surface area contributed by atoms with E-state index in [0.717, 1.165) is 31.2 Å². The molecule has 0 heterocycles. The molecule has 2 aromatic rings. The number of carbonyl (C=O) groups excluding carboxylic acids is 4. The van der Waals surface area contributed by atoms with Crippen LogP contribution in [-0.4, -0.2) is 49.6 Å². The van der Waals surface area contributed by atoms with Gasteiger partial charge in [0.15, 0.2) is 23.1 Å². The monoisotopic (exact) mass is 650 g/mol. The summed E-state index contributed by atoms with van der Waals surface area (Å²) in [6, 6.07) is 11.3. The normalized spacial score (nSPS) is 29.2. The molecule has 0 amide bonds. The minimum absolute atomic E-state index is 0.198. The maximum Gasteiger partial charge on any atom is 0.183 e. The van der Waals surface area contributed by atoms with Crippen LogP contribution in [0.4, 0.5) is 0 Å². The van der Waals surface area contributed by atoms with Crippen molar-refractivity contribution in [2.24, 2.45) is 22.7 Å². The van der Waals surface area contributed by atoms with Gasteiger partial charge in [0, 0.05) is 40.0 Å². The van der Waals surface area contributed by atoms with Crippen LogP contribution in [0.25, 0.3) is 0 Å². The summed E-state index contributed by atoms with van der Waals surface area (Å²) in [5, 5.41) is 0. The Morgan fingerprint density at radius 1 is 0.583 bits per heavy atom. The second kappa shape index (κ2) is 12.2. The molecule has 2 aromatic carbocycles. The molecule has 0 unspecified atom stereocenters. The van der Waals surface area contributed by atoms with E-state index in [-0.39, 0.29) is 28.7 Å². The van der Waals surface area contributed by atoms with E-state index < -0.39 is 34.5 Å². The second-order valence-electron chi connectivity index (χ2n) is 13.4.